The summed E-state index contributed by atoms with van der Waals surface area (Å²) in [6.45, 7) is 3.91. The number of carbonyl (C=O) groups excluding carboxylic acids is 1. The highest BCUT2D eigenvalue weighted by molar-refractivity contribution is 9.10. The first-order valence-corrected chi connectivity index (χ1v) is 5.67. The monoisotopic (exact) mass is 295 g/mol. The van der Waals surface area contributed by atoms with Gasteiger partial charge in [0.2, 0.25) is 0 Å². The van der Waals surface area contributed by atoms with Crippen molar-refractivity contribution in [3.8, 4) is 17.9 Å². The summed E-state index contributed by atoms with van der Waals surface area (Å²) >= 11 is 3.18. The number of esters is 1. The topological polar surface area (TPSA) is 67.9 Å². The molecule has 0 fully saturated rings. The standard InChI is InChI=1S/C11H10BrN3O2/c1-3-5-6-15-9(10(16)17-4-2)8(7-13)14-11(15)12/h4,6H2,1-2H3. The zero-order chi connectivity index (χ0) is 12.8. The number of carbonyl (C=O) groups is 1. The second-order valence-electron chi connectivity index (χ2n) is 2.92. The van der Waals surface area contributed by atoms with Crippen molar-refractivity contribution in [2.45, 2.75) is 20.4 Å². The lowest BCUT2D eigenvalue weighted by molar-refractivity contribution is 0.0514. The Balaban J connectivity index is 3.26. The molecule has 0 aliphatic rings. The highest BCUT2D eigenvalue weighted by Gasteiger charge is 2.22. The first-order chi connectivity index (χ1) is 8.15. The maximum Gasteiger partial charge on any atom is 0.358 e. The Kier molecular flexibility index (Phi) is 4.74. The summed E-state index contributed by atoms with van der Waals surface area (Å²) in [5.41, 5.74) is 0.164. The van der Waals surface area contributed by atoms with Gasteiger partial charge in [-0.2, -0.15) is 5.26 Å². The molecule has 0 unspecified atom stereocenters. The van der Waals surface area contributed by atoms with Crippen LogP contribution in [-0.4, -0.2) is 22.1 Å². The van der Waals surface area contributed by atoms with Gasteiger partial charge in [-0.05, 0) is 29.8 Å². The fourth-order valence-corrected chi connectivity index (χ4v) is 1.69. The molecule has 0 aliphatic heterocycles. The molecule has 5 nitrogen and oxygen atoms in total. The van der Waals surface area contributed by atoms with Crippen LogP contribution in [0.25, 0.3) is 0 Å². The molecule has 1 aromatic heterocycles. The van der Waals surface area contributed by atoms with E-state index in [1.54, 1.807) is 13.8 Å². The van der Waals surface area contributed by atoms with E-state index in [2.05, 4.69) is 32.8 Å². The highest BCUT2D eigenvalue weighted by atomic mass is 79.9. The largest absolute Gasteiger partial charge is 0.461 e. The second-order valence-corrected chi connectivity index (χ2v) is 3.63. The zero-order valence-corrected chi connectivity index (χ0v) is 11.0. The Hall–Kier alpha value is -1.79. The molecule has 0 saturated heterocycles. The van der Waals surface area contributed by atoms with Crippen molar-refractivity contribution in [1.82, 2.24) is 9.55 Å². The molecule has 0 spiro atoms. The molecule has 0 radical (unpaired) electrons. The number of nitriles is 1. The Morgan fingerprint density at radius 3 is 2.88 bits per heavy atom. The third kappa shape index (κ3) is 2.86. The van der Waals surface area contributed by atoms with Crippen LogP contribution in [0.4, 0.5) is 0 Å². The van der Waals surface area contributed by atoms with Crippen LogP contribution in [0.3, 0.4) is 0 Å². The number of aromatic nitrogens is 2. The number of ether oxygens (including phenoxy) is 1. The third-order valence-electron chi connectivity index (χ3n) is 1.91. The molecule has 1 aromatic rings. The van der Waals surface area contributed by atoms with Crippen LogP contribution in [0.2, 0.25) is 0 Å². The van der Waals surface area contributed by atoms with E-state index in [1.807, 2.05) is 6.07 Å². The molecule has 1 rings (SSSR count). The number of halogens is 1. The Morgan fingerprint density at radius 2 is 2.35 bits per heavy atom. The maximum atomic E-state index is 11.7. The van der Waals surface area contributed by atoms with E-state index < -0.39 is 5.97 Å². The molecule has 0 amide bonds. The molecular formula is C11H10BrN3O2. The van der Waals surface area contributed by atoms with Crippen molar-refractivity contribution in [3.05, 3.63) is 16.1 Å². The molecule has 0 N–H and O–H groups in total. The Labute approximate surface area is 108 Å². The van der Waals surface area contributed by atoms with Gasteiger partial charge in [-0.1, -0.05) is 5.92 Å². The number of nitrogens with zero attached hydrogens (tertiary/aromatic N) is 3. The SMILES string of the molecule is CC#CCn1c(Br)nc(C#N)c1C(=O)OCC. The van der Waals surface area contributed by atoms with Gasteiger partial charge in [-0.3, -0.25) is 0 Å². The molecule has 17 heavy (non-hydrogen) atoms. The van der Waals surface area contributed by atoms with Crippen LogP contribution in [0, 0.1) is 23.2 Å². The maximum absolute atomic E-state index is 11.7. The van der Waals surface area contributed by atoms with Crippen LogP contribution in [0.1, 0.15) is 30.0 Å². The molecule has 0 atom stereocenters. The van der Waals surface area contributed by atoms with E-state index in [-0.39, 0.29) is 24.5 Å². The van der Waals surface area contributed by atoms with Crippen molar-refractivity contribution >= 4 is 21.9 Å². The minimum Gasteiger partial charge on any atom is -0.461 e. The van der Waals surface area contributed by atoms with Gasteiger partial charge in [-0.25, -0.2) is 9.78 Å². The third-order valence-corrected chi connectivity index (χ3v) is 2.52. The average molecular weight is 296 g/mol. The quantitative estimate of drug-likeness (QED) is 0.629. The van der Waals surface area contributed by atoms with Crippen LogP contribution in [0.5, 0.6) is 0 Å². The van der Waals surface area contributed by atoms with Gasteiger partial charge < -0.3 is 9.30 Å². The molecular weight excluding hydrogens is 286 g/mol. The van der Waals surface area contributed by atoms with E-state index in [1.165, 1.54) is 4.57 Å². The normalized spacial score (nSPS) is 9.06. The molecule has 88 valence electrons. The van der Waals surface area contributed by atoms with Gasteiger partial charge in [0.25, 0.3) is 0 Å². The summed E-state index contributed by atoms with van der Waals surface area (Å²) < 4.78 is 6.78. The van der Waals surface area contributed by atoms with E-state index in [4.69, 9.17) is 10.00 Å². The Bertz CT molecular complexity index is 531. The van der Waals surface area contributed by atoms with Crippen molar-refractivity contribution in [3.63, 3.8) is 0 Å². The van der Waals surface area contributed by atoms with Gasteiger partial charge in [0, 0.05) is 0 Å². The van der Waals surface area contributed by atoms with Crippen molar-refractivity contribution < 1.29 is 9.53 Å². The summed E-state index contributed by atoms with van der Waals surface area (Å²) in [6.07, 6.45) is 0. The lowest BCUT2D eigenvalue weighted by Gasteiger charge is -2.05. The van der Waals surface area contributed by atoms with Gasteiger partial charge in [-0.15, -0.1) is 5.92 Å². The Morgan fingerprint density at radius 1 is 1.65 bits per heavy atom. The minimum atomic E-state index is -0.569. The molecule has 6 heteroatoms. The fourth-order valence-electron chi connectivity index (χ4n) is 1.21. The van der Waals surface area contributed by atoms with E-state index >= 15 is 0 Å². The summed E-state index contributed by atoms with van der Waals surface area (Å²) in [6, 6.07) is 1.86. The number of rotatable bonds is 3. The predicted octanol–water partition coefficient (Wildman–Crippen LogP) is 1.72. The lowest BCUT2D eigenvalue weighted by atomic mass is 10.3. The summed E-state index contributed by atoms with van der Waals surface area (Å²) in [4.78, 5) is 15.7. The number of imidazole rings is 1. The first kappa shape index (κ1) is 13.3. The van der Waals surface area contributed by atoms with E-state index in [0.717, 1.165) is 0 Å². The van der Waals surface area contributed by atoms with Crippen LogP contribution < -0.4 is 0 Å². The predicted molar refractivity (Wildman–Crippen MR) is 64.0 cm³/mol. The van der Waals surface area contributed by atoms with Gasteiger partial charge >= 0.3 is 5.97 Å². The van der Waals surface area contributed by atoms with Crippen molar-refractivity contribution in [2.75, 3.05) is 6.61 Å². The van der Waals surface area contributed by atoms with Crippen LogP contribution in [0.15, 0.2) is 4.73 Å². The first-order valence-electron chi connectivity index (χ1n) is 4.88. The van der Waals surface area contributed by atoms with Gasteiger partial charge in [0.1, 0.15) is 6.07 Å². The van der Waals surface area contributed by atoms with Crippen molar-refractivity contribution in [2.24, 2.45) is 0 Å². The molecule has 1 heterocycles. The summed E-state index contributed by atoms with van der Waals surface area (Å²) in [5, 5.41) is 8.91. The molecule has 0 saturated carbocycles. The summed E-state index contributed by atoms with van der Waals surface area (Å²) in [7, 11) is 0. The fraction of sp³-hybridized carbons (Fsp3) is 0.364. The van der Waals surface area contributed by atoms with E-state index in [0.29, 0.717) is 4.73 Å². The molecule has 0 bridgehead atoms. The van der Waals surface area contributed by atoms with Crippen LogP contribution in [-0.2, 0) is 11.3 Å². The molecule has 0 aromatic carbocycles. The van der Waals surface area contributed by atoms with Crippen molar-refractivity contribution in [1.29, 1.82) is 5.26 Å². The van der Waals surface area contributed by atoms with Crippen LogP contribution >= 0.6 is 15.9 Å². The highest BCUT2D eigenvalue weighted by Crippen LogP contribution is 2.17. The lowest BCUT2D eigenvalue weighted by Crippen LogP contribution is -2.13. The summed E-state index contributed by atoms with van der Waals surface area (Å²) in [5.74, 6) is 4.95. The number of hydrogen-bond donors (Lipinski definition) is 0. The van der Waals surface area contributed by atoms with Gasteiger partial charge in [0.15, 0.2) is 16.1 Å². The average Bonchev–Trinajstić information content (AvgIpc) is 2.63. The smallest absolute Gasteiger partial charge is 0.358 e. The van der Waals surface area contributed by atoms with E-state index in [9.17, 15) is 4.79 Å². The van der Waals surface area contributed by atoms with Gasteiger partial charge in [0.05, 0.1) is 13.2 Å². The second kappa shape index (κ2) is 6.07. The number of hydrogen-bond acceptors (Lipinski definition) is 4. The zero-order valence-electron chi connectivity index (χ0n) is 9.45. The minimum absolute atomic E-state index is 0.0354. The molecule has 0 aliphatic carbocycles.